The number of aryl methyl sites for hydroxylation is 1. The van der Waals surface area contributed by atoms with Gasteiger partial charge in [0.05, 0.1) is 5.71 Å². The van der Waals surface area contributed by atoms with Gasteiger partial charge < -0.3 is 5.21 Å². The van der Waals surface area contributed by atoms with Gasteiger partial charge in [-0.3, -0.25) is 0 Å². The zero-order chi connectivity index (χ0) is 12.6. The minimum Gasteiger partial charge on any atom is -0.411 e. The topological polar surface area (TPSA) is 32.6 Å². The molecule has 0 aliphatic carbocycles. The minimum atomic E-state index is 0.712. The summed E-state index contributed by atoms with van der Waals surface area (Å²) in [6.07, 6.45) is 2.41. The van der Waals surface area contributed by atoms with Crippen LogP contribution in [0.25, 0.3) is 0 Å². The fourth-order valence-electron chi connectivity index (χ4n) is 1.94. The summed E-state index contributed by atoms with van der Waals surface area (Å²) in [4.78, 5) is 0. The Morgan fingerprint density at radius 1 is 0.833 bits per heavy atom. The molecule has 18 heavy (non-hydrogen) atoms. The van der Waals surface area contributed by atoms with Crippen LogP contribution in [0.1, 0.15) is 17.5 Å². The van der Waals surface area contributed by atoms with Crippen molar-refractivity contribution in [3.8, 4) is 0 Å². The second kappa shape index (κ2) is 6.60. The Balaban J connectivity index is 1.91. The first kappa shape index (κ1) is 12.4. The average molecular weight is 239 g/mol. The van der Waals surface area contributed by atoms with Gasteiger partial charge in [0.1, 0.15) is 0 Å². The maximum absolute atomic E-state index is 9.05. The predicted molar refractivity (Wildman–Crippen MR) is 74.1 cm³/mol. The standard InChI is InChI=1S/C16H17NO/c18-17-16(13-15-9-5-2-6-10-15)12-11-14-7-3-1-4-8-14/h1-10,18H,11-13H2. The zero-order valence-corrected chi connectivity index (χ0v) is 10.3. The summed E-state index contributed by atoms with van der Waals surface area (Å²) < 4.78 is 0. The van der Waals surface area contributed by atoms with Gasteiger partial charge in [-0.25, -0.2) is 0 Å². The van der Waals surface area contributed by atoms with Crippen molar-refractivity contribution >= 4 is 5.71 Å². The van der Waals surface area contributed by atoms with Gasteiger partial charge in [-0.2, -0.15) is 0 Å². The molecule has 0 spiro atoms. The van der Waals surface area contributed by atoms with Gasteiger partial charge in [0, 0.05) is 6.42 Å². The Hall–Kier alpha value is -2.09. The van der Waals surface area contributed by atoms with Crippen LogP contribution in [0.2, 0.25) is 0 Å². The molecule has 1 N–H and O–H groups in total. The molecular formula is C16H17NO. The monoisotopic (exact) mass is 239 g/mol. The number of nitrogens with zero attached hydrogens (tertiary/aromatic N) is 1. The van der Waals surface area contributed by atoms with E-state index in [0.717, 1.165) is 18.6 Å². The highest BCUT2D eigenvalue weighted by Gasteiger charge is 2.03. The van der Waals surface area contributed by atoms with Crippen LogP contribution in [0.5, 0.6) is 0 Å². The highest BCUT2D eigenvalue weighted by Crippen LogP contribution is 2.07. The van der Waals surface area contributed by atoms with Gasteiger partial charge in [0.15, 0.2) is 0 Å². The van der Waals surface area contributed by atoms with E-state index < -0.39 is 0 Å². The molecule has 0 aliphatic heterocycles. The maximum Gasteiger partial charge on any atom is 0.0617 e. The van der Waals surface area contributed by atoms with Crippen LogP contribution in [0.3, 0.4) is 0 Å². The van der Waals surface area contributed by atoms with E-state index >= 15 is 0 Å². The average Bonchev–Trinajstić information content (AvgIpc) is 2.45. The first-order chi connectivity index (χ1) is 8.88. The van der Waals surface area contributed by atoms with E-state index in [2.05, 4.69) is 17.3 Å². The second-order valence-electron chi connectivity index (χ2n) is 4.31. The third kappa shape index (κ3) is 3.74. The van der Waals surface area contributed by atoms with Crippen LogP contribution < -0.4 is 0 Å². The molecule has 0 radical (unpaired) electrons. The van der Waals surface area contributed by atoms with Crippen molar-refractivity contribution in [3.05, 3.63) is 71.8 Å². The van der Waals surface area contributed by atoms with Gasteiger partial charge in [0.25, 0.3) is 0 Å². The lowest BCUT2D eigenvalue weighted by atomic mass is 10.0. The molecule has 92 valence electrons. The summed E-state index contributed by atoms with van der Waals surface area (Å²) in [5, 5.41) is 12.5. The Morgan fingerprint density at radius 2 is 1.39 bits per heavy atom. The van der Waals surface area contributed by atoms with E-state index in [0.29, 0.717) is 6.42 Å². The Bertz CT molecular complexity index is 491. The number of benzene rings is 2. The smallest absolute Gasteiger partial charge is 0.0617 e. The van der Waals surface area contributed by atoms with Crippen LogP contribution >= 0.6 is 0 Å². The molecular weight excluding hydrogens is 222 g/mol. The summed E-state index contributed by atoms with van der Waals surface area (Å²) in [6.45, 7) is 0. The summed E-state index contributed by atoms with van der Waals surface area (Å²) in [6, 6.07) is 20.3. The van der Waals surface area contributed by atoms with Gasteiger partial charge in [0.2, 0.25) is 0 Å². The van der Waals surface area contributed by atoms with Crippen LogP contribution in [0.4, 0.5) is 0 Å². The second-order valence-corrected chi connectivity index (χ2v) is 4.31. The van der Waals surface area contributed by atoms with Gasteiger partial charge in [-0.1, -0.05) is 65.8 Å². The Labute approximate surface area is 108 Å². The van der Waals surface area contributed by atoms with E-state index in [9.17, 15) is 0 Å². The molecule has 0 unspecified atom stereocenters. The van der Waals surface area contributed by atoms with Crippen LogP contribution in [0, 0.1) is 0 Å². The van der Waals surface area contributed by atoms with Crippen molar-refractivity contribution in [1.29, 1.82) is 0 Å². The predicted octanol–water partition coefficient (Wildman–Crippen LogP) is 3.69. The third-order valence-corrected chi connectivity index (χ3v) is 2.94. The molecule has 0 saturated heterocycles. The minimum absolute atomic E-state index is 0.712. The molecule has 0 heterocycles. The molecule has 2 aromatic carbocycles. The molecule has 2 rings (SSSR count). The summed E-state index contributed by atoms with van der Waals surface area (Å²) in [5.41, 5.74) is 3.27. The molecule has 2 aromatic rings. The number of rotatable bonds is 5. The summed E-state index contributed by atoms with van der Waals surface area (Å²) in [5.74, 6) is 0. The highest BCUT2D eigenvalue weighted by molar-refractivity contribution is 5.86. The molecule has 0 aromatic heterocycles. The highest BCUT2D eigenvalue weighted by atomic mass is 16.4. The molecule has 2 heteroatoms. The van der Waals surface area contributed by atoms with E-state index in [1.807, 2.05) is 48.5 Å². The van der Waals surface area contributed by atoms with E-state index in [1.165, 1.54) is 11.1 Å². The normalized spacial score (nSPS) is 11.4. The Morgan fingerprint density at radius 3 is 1.94 bits per heavy atom. The SMILES string of the molecule is ON=C(CCc1ccccc1)Cc1ccccc1. The lowest BCUT2D eigenvalue weighted by molar-refractivity contribution is 0.316. The van der Waals surface area contributed by atoms with E-state index in [1.54, 1.807) is 0 Å². The molecule has 0 bridgehead atoms. The third-order valence-electron chi connectivity index (χ3n) is 2.94. The van der Waals surface area contributed by atoms with Gasteiger partial charge in [-0.15, -0.1) is 0 Å². The summed E-state index contributed by atoms with van der Waals surface area (Å²) in [7, 11) is 0. The molecule has 0 atom stereocenters. The summed E-state index contributed by atoms with van der Waals surface area (Å²) >= 11 is 0. The van der Waals surface area contributed by atoms with Crippen LogP contribution in [0.15, 0.2) is 65.8 Å². The zero-order valence-electron chi connectivity index (χ0n) is 10.3. The lowest BCUT2D eigenvalue weighted by Crippen LogP contribution is -2.05. The molecule has 0 amide bonds. The number of hydrogen-bond donors (Lipinski definition) is 1. The molecule has 2 nitrogen and oxygen atoms in total. The van der Waals surface area contributed by atoms with Crippen molar-refractivity contribution < 1.29 is 5.21 Å². The van der Waals surface area contributed by atoms with Crippen molar-refractivity contribution in [1.82, 2.24) is 0 Å². The van der Waals surface area contributed by atoms with Crippen molar-refractivity contribution in [2.24, 2.45) is 5.16 Å². The maximum atomic E-state index is 9.05. The van der Waals surface area contributed by atoms with E-state index in [4.69, 9.17) is 5.21 Å². The fraction of sp³-hybridized carbons (Fsp3) is 0.188. The quantitative estimate of drug-likeness (QED) is 0.481. The lowest BCUT2D eigenvalue weighted by Gasteiger charge is -2.05. The molecule has 0 saturated carbocycles. The Kier molecular flexibility index (Phi) is 4.53. The number of oxime groups is 1. The van der Waals surface area contributed by atoms with Crippen molar-refractivity contribution in [2.75, 3.05) is 0 Å². The fourth-order valence-corrected chi connectivity index (χ4v) is 1.94. The first-order valence-corrected chi connectivity index (χ1v) is 6.16. The van der Waals surface area contributed by atoms with Crippen molar-refractivity contribution in [3.63, 3.8) is 0 Å². The van der Waals surface area contributed by atoms with Crippen LogP contribution in [-0.2, 0) is 12.8 Å². The number of hydrogen-bond acceptors (Lipinski definition) is 2. The van der Waals surface area contributed by atoms with Gasteiger partial charge >= 0.3 is 0 Å². The van der Waals surface area contributed by atoms with E-state index in [-0.39, 0.29) is 0 Å². The van der Waals surface area contributed by atoms with Crippen LogP contribution in [-0.4, -0.2) is 10.9 Å². The first-order valence-electron chi connectivity index (χ1n) is 6.16. The molecule has 0 aliphatic rings. The van der Waals surface area contributed by atoms with Gasteiger partial charge in [-0.05, 0) is 24.0 Å². The largest absolute Gasteiger partial charge is 0.411 e. The van der Waals surface area contributed by atoms with Crippen molar-refractivity contribution in [2.45, 2.75) is 19.3 Å². The molecule has 0 fully saturated rings.